The first-order chi connectivity index (χ1) is 17.3. The topological polar surface area (TPSA) is 91.4 Å². The minimum atomic E-state index is -4.29. The van der Waals surface area contributed by atoms with E-state index in [1.807, 2.05) is 0 Å². The van der Waals surface area contributed by atoms with E-state index in [0.717, 1.165) is 17.4 Å². The molecular formula is C23H21ClF4N4O3S2. The number of alkyl halides is 3. The lowest BCUT2D eigenvalue weighted by Gasteiger charge is -2.41. The van der Waals surface area contributed by atoms with Gasteiger partial charge in [0.1, 0.15) is 5.69 Å². The lowest BCUT2D eigenvalue weighted by molar-refractivity contribution is -0.180. The minimum Gasteiger partial charge on any atom is -0.369 e. The number of hydrogen-bond donors (Lipinski definition) is 2. The number of rotatable bonds is 7. The highest BCUT2D eigenvalue weighted by Gasteiger charge is 2.47. The number of amides is 1. The maximum atomic E-state index is 14.9. The molecule has 1 fully saturated rings. The summed E-state index contributed by atoms with van der Waals surface area (Å²) in [5, 5.41) is 2.84. The summed E-state index contributed by atoms with van der Waals surface area (Å²) in [5.74, 6) is -2.83. The highest BCUT2D eigenvalue weighted by molar-refractivity contribution is 7.92. The molecule has 1 aromatic carbocycles. The van der Waals surface area contributed by atoms with Crippen LogP contribution in [0.4, 0.5) is 34.6 Å². The molecule has 0 spiro atoms. The molecule has 0 saturated carbocycles. The number of carbonyl (C=O) groups excluding carboxylic acids is 1. The number of hydrogen-bond acceptors (Lipinski definition) is 6. The van der Waals surface area contributed by atoms with Crippen LogP contribution in [0.5, 0.6) is 0 Å². The first-order valence-corrected chi connectivity index (χ1v) is 13.8. The van der Waals surface area contributed by atoms with Gasteiger partial charge in [-0.15, -0.1) is 11.3 Å². The summed E-state index contributed by atoms with van der Waals surface area (Å²) in [6.07, 6.45) is -2.98. The van der Waals surface area contributed by atoms with E-state index in [4.69, 9.17) is 11.6 Å². The number of anilines is 3. The maximum Gasteiger partial charge on any atom is 0.395 e. The van der Waals surface area contributed by atoms with Crippen molar-refractivity contribution >= 4 is 55.9 Å². The number of nitrogens with one attached hydrogen (secondary N) is 2. The molecule has 1 aliphatic heterocycles. The molecule has 0 radical (unpaired) electrons. The molecule has 3 heterocycles. The molecule has 4 rings (SSSR count). The summed E-state index contributed by atoms with van der Waals surface area (Å²) in [4.78, 5) is 19.2. The molecule has 3 aromatic rings. The van der Waals surface area contributed by atoms with Crippen molar-refractivity contribution in [1.82, 2.24) is 4.98 Å². The van der Waals surface area contributed by atoms with E-state index in [1.54, 1.807) is 6.92 Å². The van der Waals surface area contributed by atoms with Gasteiger partial charge in [-0.25, -0.2) is 12.8 Å². The number of pyridine rings is 1. The Morgan fingerprint density at radius 1 is 1.19 bits per heavy atom. The Balaban J connectivity index is 1.50. The standard InChI is InChI=1S/C23H21ClF4N4O3S2/c1-3-37(34,35)31-16-5-14(24)4-15(6-16)30-22(33)20-8-18(12(2)36-20)21-19(25)7-17(9-29-21)32-10-13(11-32)23(26,27)28/h4-9,13,31H,3,10-11H2,1-2H3,(H,30,33). The predicted molar refractivity (Wildman–Crippen MR) is 136 cm³/mol. The molecule has 198 valence electrons. The van der Waals surface area contributed by atoms with E-state index in [0.29, 0.717) is 10.4 Å². The number of aromatic nitrogens is 1. The normalized spacial score (nSPS) is 14.4. The molecule has 14 heteroatoms. The molecule has 0 bridgehead atoms. The van der Waals surface area contributed by atoms with Gasteiger partial charge in [0.15, 0.2) is 5.82 Å². The highest BCUT2D eigenvalue weighted by Crippen LogP contribution is 2.38. The van der Waals surface area contributed by atoms with E-state index in [-0.39, 0.29) is 51.5 Å². The smallest absolute Gasteiger partial charge is 0.369 e. The monoisotopic (exact) mass is 576 g/mol. The molecule has 1 saturated heterocycles. The summed E-state index contributed by atoms with van der Waals surface area (Å²) >= 11 is 7.16. The Labute approximate surface area is 219 Å². The first kappa shape index (κ1) is 27.1. The van der Waals surface area contributed by atoms with Crippen molar-refractivity contribution < 1.29 is 30.8 Å². The van der Waals surface area contributed by atoms with Crippen LogP contribution < -0.4 is 14.9 Å². The molecule has 0 atom stereocenters. The number of sulfonamides is 1. The van der Waals surface area contributed by atoms with Gasteiger partial charge in [0.25, 0.3) is 5.91 Å². The van der Waals surface area contributed by atoms with Gasteiger partial charge in [0.05, 0.1) is 34.1 Å². The van der Waals surface area contributed by atoms with E-state index in [1.165, 1.54) is 42.3 Å². The average molecular weight is 577 g/mol. The van der Waals surface area contributed by atoms with Crippen LogP contribution in [0.15, 0.2) is 36.5 Å². The van der Waals surface area contributed by atoms with Crippen LogP contribution in [0.1, 0.15) is 21.5 Å². The van der Waals surface area contributed by atoms with Gasteiger partial charge in [0, 0.05) is 40.3 Å². The zero-order valence-electron chi connectivity index (χ0n) is 19.5. The van der Waals surface area contributed by atoms with Crippen LogP contribution in [-0.2, 0) is 10.0 Å². The molecule has 1 aliphatic rings. The van der Waals surface area contributed by atoms with Gasteiger partial charge >= 0.3 is 6.18 Å². The van der Waals surface area contributed by atoms with E-state index < -0.39 is 33.8 Å². The molecule has 37 heavy (non-hydrogen) atoms. The van der Waals surface area contributed by atoms with Gasteiger partial charge in [-0.3, -0.25) is 14.5 Å². The second kappa shape index (κ2) is 10.1. The van der Waals surface area contributed by atoms with E-state index in [2.05, 4.69) is 15.0 Å². The number of thiophene rings is 1. The molecule has 1 amide bonds. The van der Waals surface area contributed by atoms with Crippen LogP contribution in [0.25, 0.3) is 11.3 Å². The molecule has 2 N–H and O–H groups in total. The van der Waals surface area contributed by atoms with Crippen molar-refractivity contribution in [3.63, 3.8) is 0 Å². The van der Waals surface area contributed by atoms with Crippen LogP contribution in [0, 0.1) is 18.7 Å². The molecule has 0 unspecified atom stereocenters. The number of carbonyl (C=O) groups is 1. The second-order valence-electron chi connectivity index (χ2n) is 8.44. The Bertz CT molecular complexity index is 1450. The second-order valence-corrected chi connectivity index (χ2v) is 12.1. The van der Waals surface area contributed by atoms with Gasteiger partial charge in [-0.05, 0) is 38.1 Å². The fourth-order valence-electron chi connectivity index (χ4n) is 3.69. The summed E-state index contributed by atoms with van der Waals surface area (Å²) in [7, 11) is -3.55. The number of nitrogens with zero attached hydrogens (tertiary/aromatic N) is 2. The van der Waals surface area contributed by atoms with Crippen LogP contribution in [-0.4, -0.2) is 44.3 Å². The Kier molecular flexibility index (Phi) is 7.41. The zero-order valence-corrected chi connectivity index (χ0v) is 21.9. The van der Waals surface area contributed by atoms with E-state index >= 15 is 0 Å². The largest absolute Gasteiger partial charge is 0.395 e. The Morgan fingerprint density at radius 2 is 1.86 bits per heavy atom. The SMILES string of the molecule is CCS(=O)(=O)Nc1cc(Cl)cc(NC(=O)c2cc(-c3ncc(N4CC(C(F)(F)F)C4)cc3F)c(C)s2)c1. The van der Waals surface area contributed by atoms with Gasteiger partial charge in [-0.2, -0.15) is 13.2 Å². The van der Waals surface area contributed by atoms with Gasteiger partial charge in [0.2, 0.25) is 10.0 Å². The van der Waals surface area contributed by atoms with Crippen molar-refractivity contribution in [1.29, 1.82) is 0 Å². The quantitative estimate of drug-likeness (QED) is 0.341. The molecular weight excluding hydrogens is 556 g/mol. The lowest BCUT2D eigenvalue weighted by Crippen LogP contribution is -2.53. The summed E-state index contributed by atoms with van der Waals surface area (Å²) in [6, 6.07) is 6.87. The highest BCUT2D eigenvalue weighted by atomic mass is 35.5. The van der Waals surface area contributed by atoms with E-state index in [9.17, 15) is 30.8 Å². The average Bonchev–Trinajstić information content (AvgIpc) is 3.12. The van der Waals surface area contributed by atoms with Gasteiger partial charge < -0.3 is 10.2 Å². The third-order valence-corrected chi connectivity index (χ3v) is 8.32. The number of aryl methyl sites for hydroxylation is 1. The zero-order chi connectivity index (χ0) is 27.1. The van der Waals surface area contributed by atoms with Gasteiger partial charge in [-0.1, -0.05) is 11.6 Å². The van der Waals surface area contributed by atoms with Crippen LogP contribution >= 0.6 is 22.9 Å². The molecule has 7 nitrogen and oxygen atoms in total. The molecule has 2 aromatic heterocycles. The van der Waals surface area contributed by atoms with Crippen molar-refractivity contribution in [2.45, 2.75) is 20.0 Å². The molecule has 0 aliphatic carbocycles. The van der Waals surface area contributed by atoms with Crippen molar-refractivity contribution in [2.75, 3.05) is 33.8 Å². The van der Waals surface area contributed by atoms with Crippen molar-refractivity contribution in [3.05, 3.63) is 57.1 Å². The number of halogens is 5. The summed E-state index contributed by atoms with van der Waals surface area (Å²) < 4.78 is 79.2. The van der Waals surface area contributed by atoms with Crippen LogP contribution in [0.2, 0.25) is 5.02 Å². The van der Waals surface area contributed by atoms with Crippen molar-refractivity contribution in [3.8, 4) is 11.3 Å². The first-order valence-electron chi connectivity index (χ1n) is 11.0. The number of benzene rings is 1. The summed E-state index contributed by atoms with van der Waals surface area (Å²) in [5.41, 5.74) is 1.03. The fourth-order valence-corrected chi connectivity index (χ4v) is 5.46. The van der Waals surface area contributed by atoms with Crippen LogP contribution in [0.3, 0.4) is 0 Å². The maximum absolute atomic E-state index is 14.9. The third-order valence-electron chi connectivity index (χ3n) is 5.74. The minimum absolute atomic E-state index is 0.0246. The van der Waals surface area contributed by atoms with Crippen molar-refractivity contribution in [2.24, 2.45) is 5.92 Å². The fraction of sp³-hybridized carbons (Fsp3) is 0.304. The third kappa shape index (κ3) is 6.16. The Hall–Kier alpha value is -2.90. The lowest BCUT2D eigenvalue weighted by atomic mass is 9.99. The summed E-state index contributed by atoms with van der Waals surface area (Å²) in [6.45, 7) is 2.66. The predicted octanol–water partition coefficient (Wildman–Crippen LogP) is 5.92. The Morgan fingerprint density at radius 3 is 2.49 bits per heavy atom.